The van der Waals surface area contributed by atoms with Gasteiger partial charge in [0.05, 0.1) is 11.6 Å². The number of amides is 1. The number of likely N-dealkylation sites (tertiary alicyclic amines) is 1. The van der Waals surface area contributed by atoms with E-state index in [1.54, 1.807) is 6.20 Å². The molecule has 0 spiro atoms. The predicted octanol–water partition coefficient (Wildman–Crippen LogP) is 2.74. The van der Waals surface area contributed by atoms with Crippen LogP contribution in [0.5, 0.6) is 5.75 Å². The third kappa shape index (κ3) is 3.60. The van der Waals surface area contributed by atoms with Crippen LogP contribution in [-0.4, -0.2) is 41.5 Å². The molecule has 2 aromatic rings. The number of fused-ring (bicyclic) bond motifs is 1. The van der Waals surface area contributed by atoms with Gasteiger partial charge in [0, 0.05) is 31.5 Å². The minimum atomic E-state index is -0.0577. The lowest BCUT2D eigenvalue weighted by molar-refractivity contribution is -0.137. The number of rotatable bonds is 3. The van der Waals surface area contributed by atoms with Gasteiger partial charge < -0.3 is 15.0 Å². The molecule has 1 aromatic heterocycles. The Balaban J connectivity index is 1.31. The molecule has 5 heteroatoms. The molecule has 1 amide bonds. The Bertz CT molecular complexity index is 727. The summed E-state index contributed by atoms with van der Waals surface area (Å²) in [6.45, 7) is 2.09. The van der Waals surface area contributed by atoms with Crippen molar-refractivity contribution in [1.82, 2.24) is 9.88 Å². The van der Waals surface area contributed by atoms with Crippen molar-refractivity contribution in [2.24, 2.45) is 5.92 Å². The zero-order chi connectivity index (χ0) is 17.1. The van der Waals surface area contributed by atoms with Crippen molar-refractivity contribution in [2.45, 2.75) is 25.3 Å². The summed E-state index contributed by atoms with van der Waals surface area (Å²) in [5.41, 5.74) is 2.18. The Morgan fingerprint density at radius 3 is 2.80 bits per heavy atom. The third-order valence-corrected chi connectivity index (χ3v) is 5.07. The summed E-state index contributed by atoms with van der Waals surface area (Å²) in [6.07, 6.45) is 6.32. The van der Waals surface area contributed by atoms with Gasteiger partial charge in [-0.15, -0.1) is 0 Å². The molecule has 1 unspecified atom stereocenters. The molecule has 3 heterocycles. The molecule has 0 saturated carbocycles. The molecule has 0 aliphatic carbocycles. The molecule has 1 saturated heterocycles. The summed E-state index contributed by atoms with van der Waals surface area (Å²) in [7, 11) is 0. The smallest absolute Gasteiger partial charge is 0.229 e. The van der Waals surface area contributed by atoms with Crippen molar-refractivity contribution in [3.8, 4) is 5.75 Å². The van der Waals surface area contributed by atoms with Gasteiger partial charge in [-0.3, -0.25) is 9.78 Å². The van der Waals surface area contributed by atoms with E-state index in [9.17, 15) is 4.79 Å². The lowest BCUT2D eigenvalue weighted by Crippen LogP contribution is -2.47. The first-order valence-corrected chi connectivity index (χ1v) is 8.95. The first kappa shape index (κ1) is 15.9. The minimum Gasteiger partial charge on any atom is -0.492 e. The summed E-state index contributed by atoms with van der Waals surface area (Å²) in [5, 5.41) is 3.51. The van der Waals surface area contributed by atoms with Crippen LogP contribution in [0, 0.1) is 5.92 Å². The number of carbonyl (C=O) groups is 1. The number of benzene rings is 1. The average molecular weight is 337 g/mol. The number of aromatic nitrogens is 1. The van der Waals surface area contributed by atoms with E-state index in [-0.39, 0.29) is 11.8 Å². The highest BCUT2D eigenvalue weighted by molar-refractivity contribution is 5.80. The van der Waals surface area contributed by atoms with Gasteiger partial charge in [-0.25, -0.2) is 0 Å². The van der Waals surface area contributed by atoms with Gasteiger partial charge in [0.1, 0.15) is 12.4 Å². The summed E-state index contributed by atoms with van der Waals surface area (Å²) >= 11 is 0. The zero-order valence-corrected chi connectivity index (χ0v) is 14.2. The third-order valence-electron chi connectivity index (χ3n) is 5.07. The van der Waals surface area contributed by atoms with Gasteiger partial charge in [-0.2, -0.15) is 0 Å². The highest BCUT2D eigenvalue weighted by atomic mass is 16.5. The lowest BCUT2D eigenvalue weighted by Gasteiger charge is -2.36. The first-order valence-electron chi connectivity index (χ1n) is 8.95. The molecule has 130 valence electrons. The highest BCUT2D eigenvalue weighted by Gasteiger charge is 2.31. The lowest BCUT2D eigenvalue weighted by atomic mass is 9.94. The molecule has 2 aliphatic heterocycles. The van der Waals surface area contributed by atoms with E-state index >= 15 is 0 Å². The van der Waals surface area contributed by atoms with Gasteiger partial charge in [0.15, 0.2) is 0 Å². The largest absolute Gasteiger partial charge is 0.492 e. The van der Waals surface area contributed by atoms with Crippen LogP contribution in [0.3, 0.4) is 0 Å². The Labute approximate surface area is 148 Å². The number of pyridine rings is 1. The van der Waals surface area contributed by atoms with Crippen LogP contribution >= 0.6 is 0 Å². The van der Waals surface area contributed by atoms with Crippen LogP contribution in [-0.2, 0) is 11.2 Å². The van der Waals surface area contributed by atoms with E-state index in [1.807, 2.05) is 41.4 Å². The molecule has 1 fully saturated rings. The summed E-state index contributed by atoms with van der Waals surface area (Å²) in [6, 6.07) is 12.4. The van der Waals surface area contributed by atoms with E-state index < -0.39 is 0 Å². The molecule has 1 atom stereocenters. The van der Waals surface area contributed by atoms with Crippen LogP contribution in [0.15, 0.2) is 48.8 Å². The molecule has 25 heavy (non-hydrogen) atoms. The van der Waals surface area contributed by atoms with Crippen LogP contribution in [0.1, 0.15) is 18.4 Å². The summed E-state index contributed by atoms with van der Waals surface area (Å²) in [5.74, 6) is 1.10. The van der Waals surface area contributed by atoms with E-state index in [2.05, 4.69) is 16.4 Å². The van der Waals surface area contributed by atoms with Crippen molar-refractivity contribution in [3.05, 3.63) is 54.4 Å². The maximum Gasteiger partial charge on any atom is 0.229 e. The topological polar surface area (TPSA) is 54.5 Å². The fourth-order valence-electron chi connectivity index (χ4n) is 3.67. The van der Waals surface area contributed by atoms with Gasteiger partial charge in [0.25, 0.3) is 0 Å². The number of carbonyl (C=O) groups excluding carboxylic acids is 1. The Morgan fingerprint density at radius 1 is 1.16 bits per heavy atom. The second-order valence-electron chi connectivity index (χ2n) is 6.81. The first-order chi connectivity index (χ1) is 12.3. The molecule has 1 aromatic carbocycles. The van der Waals surface area contributed by atoms with Crippen molar-refractivity contribution < 1.29 is 9.53 Å². The van der Waals surface area contributed by atoms with Crippen LogP contribution in [0.25, 0.3) is 0 Å². The monoisotopic (exact) mass is 337 g/mol. The van der Waals surface area contributed by atoms with Crippen molar-refractivity contribution in [2.75, 3.05) is 25.0 Å². The number of hydrogen-bond acceptors (Lipinski definition) is 4. The molecule has 0 radical (unpaired) electrons. The Kier molecular flexibility index (Phi) is 4.55. The predicted molar refractivity (Wildman–Crippen MR) is 96.6 cm³/mol. The van der Waals surface area contributed by atoms with Crippen molar-refractivity contribution in [3.63, 3.8) is 0 Å². The molecular weight excluding hydrogens is 314 g/mol. The zero-order valence-electron chi connectivity index (χ0n) is 14.2. The minimum absolute atomic E-state index is 0.0577. The number of anilines is 1. The fourth-order valence-corrected chi connectivity index (χ4v) is 3.67. The maximum absolute atomic E-state index is 12.8. The summed E-state index contributed by atoms with van der Waals surface area (Å²) in [4.78, 5) is 19.0. The average Bonchev–Trinajstić information content (AvgIpc) is 2.68. The van der Waals surface area contributed by atoms with Crippen LogP contribution in [0.2, 0.25) is 0 Å². The normalized spacial score (nSPS) is 20.5. The van der Waals surface area contributed by atoms with Gasteiger partial charge in [-0.05, 0) is 43.0 Å². The second kappa shape index (κ2) is 7.13. The Hall–Kier alpha value is -2.56. The van der Waals surface area contributed by atoms with E-state index in [1.165, 1.54) is 0 Å². The molecule has 5 nitrogen and oxygen atoms in total. The maximum atomic E-state index is 12.8. The Morgan fingerprint density at radius 2 is 2.00 bits per heavy atom. The van der Waals surface area contributed by atoms with Crippen molar-refractivity contribution >= 4 is 11.6 Å². The molecular formula is C20H23N3O2. The number of piperidine rings is 1. The second-order valence-corrected chi connectivity index (χ2v) is 6.81. The van der Waals surface area contributed by atoms with Gasteiger partial charge in [-0.1, -0.05) is 18.2 Å². The molecule has 0 bridgehead atoms. The van der Waals surface area contributed by atoms with Crippen LogP contribution < -0.4 is 10.1 Å². The van der Waals surface area contributed by atoms with Gasteiger partial charge >= 0.3 is 0 Å². The highest BCUT2D eigenvalue weighted by Crippen LogP contribution is 2.28. The molecule has 4 rings (SSSR count). The number of para-hydroxylation sites is 1. The number of hydrogen-bond donors (Lipinski definition) is 1. The fraction of sp³-hybridized carbons (Fsp3) is 0.400. The van der Waals surface area contributed by atoms with Crippen molar-refractivity contribution in [1.29, 1.82) is 0 Å². The summed E-state index contributed by atoms with van der Waals surface area (Å²) < 4.78 is 5.78. The molecule has 2 aliphatic rings. The molecule has 1 N–H and O–H groups in total. The van der Waals surface area contributed by atoms with Gasteiger partial charge in [0.2, 0.25) is 5.91 Å². The number of ether oxygens (including phenoxy) is 1. The standard InChI is InChI=1S/C20H23N3O2/c24-20(16-12-15-4-1-2-6-19(15)25-14-16)23-10-7-17(8-11-23)22-18-5-3-9-21-13-18/h1-6,9,13,16-17,22H,7-8,10-12,14H2. The quantitative estimate of drug-likeness (QED) is 0.936. The SMILES string of the molecule is O=C(C1COc2ccccc2C1)N1CCC(Nc2cccnc2)CC1. The van der Waals surface area contributed by atoms with E-state index in [0.29, 0.717) is 12.6 Å². The number of nitrogens with zero attached hydrogens (tertiary/aromatic N) is 2. The van der Waals surface area contributed by atoms with E-state index in [4.69, 9.17) is 4.74 Å². The number of nitrogens with one attached hydrogen (secondary N) is 1. The van der Waals surface area contributed by atoms with Crippen LogP contribution in [0.4, 0.5) is 5.69 Å². The van der Waals surface area contributed by atoms with E-state index in [0.717, 1.165) is 49.4 Å².